The van der Waals surface area contributed by atoms with E-state index < -0.39 is 6.10 Å². The molecule has 1 saturated carbocycles. The summed E-state index contributed by atoms with van der Waals surface area (Å²) in [7, 11) is 3.83. The summed E-state index contributed by atoms with van der Waals surface area (Å²) in [6.07, 6.45) is 6.12. The molecule has 1 aliphatic carbocycles. The summed E-state index contributed by atoms with van der Waals surface area (Å²) in [6, 6.07) is 4.64. The van der Waals surface area contributed by atoms with Crippen LogP contribution in [0.4, 0.5) is 0 Å². The second-order valence-corrected chi connectivity index (χ2v) is 6.42. The van der Waals surface area contributed by atoms with Crippen molar-refractivity contribution in [2.24, 2.45) is 0 Å². The summed E-state index contributed by atoms with van der Waals surface area (Å²) in [6.45, 7) is 4.81. The second-order valence-electron chi connectivity index (χ2n) is 6.42. The number of likely N-dealkylation sites (N-methyl/N-ethyl adjacent to an activating group) is 1. The van der Waals surface area contributed by atoms with E-state index >= 15 is 0 Å². The van der Waals surface area contributed by atoms with E-state index in [4.69, 9.17) is 4.74 Å². The molecule has 1 N–H and O–H groups in total. The van der Waals surface area contributed by atoms with Crippen molar-refractivity contribution >= 4 is 0 Å². The first-order chi connectivity index (χ1) is 10.0. The van der Waals surface area contributed by atoms with Gasteiger partial charge in [-0.3, -0.25) is 0 Å². The van der Waals surface area contributed by atoms with Crippen LogP contribution in [0.3, 0.4) is 0 Å². The number of rotatable bonds is 5. The predicted molar refractivity (Wildman–Crippen MR) is 86.9 cm³/mol. The van der Waals surface area contributed by atoms with E-state index in [2.05, 4.69) is 25.8 Å². The van der Waals surface area contributed by atoms with Crippen molar-refractivity contribution in [1.82, 2.24) is 4.90 Å². The molecule has 0 aliphatic heterocycles. The van der Waals surface area contributed by atoms with Gasteiger partial charge in [-0.05, 0) is 62.6 Å². The number of ether oxygens (including phenoxy) is 1. The molecule has 1 atom stereocenters. The molecule has 1 fully saturated rings. The molecule has 1 aromatic carbocycles. The Bertz CT molecular complexity index is 443. The molecule has 0 bridgehead atoms. The first-order valence-electron chi connectivity index (χ1n) is 8.06. The minimum absolute atomic E-state index is 0.428. The van der Waals surface area contributed by atoms with E-state index in [1.807, 2.05) is 12.1 Å². The number of hydrogen-bond donors (Lipinski definition) is 1. The Kier molecular flexibility index (Phi) is 5.65. The average molecular weight is 291 g/mol. The molecule has 2 rings (SSSR count). The zero-order valence-electron chi connectivity index (χ0n) is 13.9. The number of aliphatic hydroxyl groups is 1. The highest BCUT2D eigenvalue weighted by atomic mass is 16.5. The molecule has 1 unspecified atom stereocenters. The highest BCUT2D eigenvalue weighted by Gasteiger charge is 2.22. The summed E-state index contributed by atoms with van der Waals surface area (Å²) >= 11 is 0. The normalized spacial score (nSPS) is 18.0. The third kappa shape index (κ3) is 3.98. The number of aliphatic hydroxyl groups excluding tert-OH is 1. The quantitative estimate of drug-likeness (QED) is 0.899. The van der Waals surface area contributed by atoms with E-state index in [0.717, 1.165) is 22.4 Å². The molecule has 0 radical (unpaired) electrons. The lowest BCUT2D eigenvalue weighted by Crippen LogP contribution is -2.36. The van der Waals surface area contributed by atoms with Gasteiger partial charge in [0, 0.05) is 12.6 Å². The largest absolute Gasteiger partial charge is 0.497 e. The Morgan fingerprint density at radius 2 is 1.76 bits per heavy atom. The lowest BCUT2D eigenvalue weighted by Gasteiger charge is -2.33. The van der Waals surface area contributed by atoms with Gasteiger partial charge in [0.2, 0.25) is 0 Å². The van der Waals surface area contributed by atoms with Crippen LogP contribution in [0, 0.1) is 13.8 Å². The molecule has 3 heteroatoms. The Balaban J connectivity index is 2.07. The van der Waals surface area contributed by atoms with Crippen molar-refractivity contribution in [2.45, 2.75) is 58.1 Å². The van der Waals surface area contributed by atoms with Gasteiger partial charge in [0.05, 0.1) is 13.2 Å². The standard InChI is InChI=1S/C18H29NO2/c1-13-10-16(21-4)11-14(2)18(13)17(20)12-19(3)15-8-6-5-7-9-15/h10-11,15,17,20H,5-9,12H2,1-4H3. The maximum atomic E-state index is 10.7. The van der Waals surface area contributed by atoms with Crippen LogP contribution < -0.4 is 4.74 Å². The highest BCUT2D eigenvalue weighted by Crippen LogP contribution is 2.29. The SMILES string of the molecule is COc1cc(C)c(C(O)CN(C)C2CCCCC2)c(C)c1. The van der Waals surface area contributed by atoms with E-state index in [1.54, 1.807) is 7.11 Å². The van der Waals surface area contributed by atoms with Gasteiger partial charge < -0.3 is 14.7 Å². The van der Waals surface area contributed by atoms with Crippen LogP contribution in [-0.2, 0) is 0 Å². The third-order valence-electron chi connectivity index (χ3n) is 4.80. The molecular weight excluding hydrogens is 262 g/mol. The van der Waals surface area contributed by atoms with Crippen molar-refractivity contribution < 1.29 is 9.84 Å². The van der Waals surface area contributed by atoms with Gasteiger partial charge >= 0.3 is 0 Å². The first-order valence-corrected chi connectivity index (χ1v) is 8.06. The van der Waals surface area contributed by atoms with Gasteiger partial charge in [-0.15, -0.1) is 0 Å². The predicted octanol–water partition coefficient (Wildman–Crippen LogP) is 3.61. The van der Waals surface area contributed by atoms with Crippen LogP contribution in [0.5, 0.6) is 5.75 Å². The van der Waals surface area contributed by atoms with Gasteiger partial charge in [0.25, 0.3) is 0 Å². The molecule has 0 amide bonds. The van der Waals surface area contributed by atoms with E-state index in [0.29, 0.717) is 12.6 Å². The second kappa shape index (κ2) is 7.28. The third-order valence-corrected chi connectivity index (χ3v) is 4.80. The number of methoxy groups -OCH3 is 1. The van der Waals surface area contributed by atoms with Crippen LogP contribution in [0.15, 0.2) is 12.1 Å². The molecule has 0 spiro atoms. The van der Waals surface area contributed by atoms with Crippen molar-refractivity contribution in [3.05, 3.63) is 28.8 Å². The fraction of sp³-hybridized carbons (Fsp3) is 0.667. The van der Waals surface area contributed by atoms with Gasteiger partial charge in [-0.1, -0.05) is 19.3 Å². The molecule has 0 heterocycles. The van der Waals surface area contributed by atoms with Gasteiger partial charge in [-0.25, -0.2) is 0 Å². The monoisotopic (exact) mass is 291 g/mol. The average Bonchev–Trinajstić information content (AvgIpc) is 2.47. The summed E-state index contributed by atoms with van der Waals surface area (Å²) in [5, 5.41) is 10.7. The smallest absolute Gasteiger partial charge is 0.119 e. The first kappa shape index (κ1) is 16.3. The Labute approximate surface area is 128 Å². The molecule has 0 saturated heterocycles. The van der Waals surface area contributed by atoms with Crippen molar-refractivity contribution in [3.8, 4) is 5.75 Å². The Hall–Kier alpha value is -1.06. The molecule has 1 aromatic rings. The van der Waals surface area contributed by atoms with Crippen molar-refractivity contribution in [3.63, 3.8) is 0 Å². The number of benzene rings is 1. The molecule has 0 aromatic heterocycles. The number of aryl methyl sites for hydroxylation is 2. The fourth-order valence-electron chi connectivity index (χ4n) is 3.61. The van der Waals surface area contributed by atoms with E-state index in [9.17, 15) is 5.11 Å². The number of hydrogen-bond acceptors (Lipinski definition) is 3. The molecule has 118 valence electrons. The fourth-order valence-corrected chi connectivity index (χ4v) is 3.61. The minimum Gasteiger partial charge on any atom is -0.497 e. The van der Waals surface area contributed by atoms with Crippen molar-refractivity contribution in [2.75, 3.05) is 20.7 Å². The molecule has 3 nitrogen and oxygen atoms in total. The minimum atomic E-state index is -0.428. The van der Waals surface area contributed by atoms with Crippen LogP contribution in [0.1, 0.15) is 54.9 Å². The van der Waals surface area contributed by atoms with E-state index in [1.165, 1.54) is 32.1 Å². The van der Waals surface area contributed by atoms with Gasteiger partial charge in [0.1, 0.15) is 5.75 Å². The lowest BCUT2D eigenvalue weighted by molar-refractivity contribution is 0.0906. The topological polar surface area (TPSA) is 32.7 Å². The summed E-state index contributed by atoms with van der Waals surface area (Å²) < 4.78 is 5.29. The van der Waals surface area contributed by atoms with Gasteiger partial charge in [0.15, 0.2) is 0 Å². The molecule has 1 aliphatic rings. The van der Waals surface area contributed by atoms with Crippen LogP contribution in [0.25, 0.3) is 0 Å². The lowest BCUT2D eigenvalue weighted by atomic mass is 9.93. The van der Waals surface area contributed by atoms with Crippen LogP contribution in [0.2, 0.25) is 0 Å². The maximum Gasteiger partial charge on any atom is 0.119 e. The summed E-state index contributed by atoms with van der Waals surface area (Å²) in [5.41, 5.74) is 3.27. The van der Waals surface area contributed by atoms with Crippen LogP contribution >= 0.6 is 0 Å². The Morgan fingerprint density at radius 3 is 2.29 bits per heavy atom. The van der Waals surface area contributed by atoms with E-state index in [-0.39, 0.29) is 0 Å². The summed E-state index contributed by atoms with van der Waals surface area (Å²) in [5.74, 6) is 0.863. The van der Waals surface area contributed by atoms with Gasteiger partial charge in [-0.2, -0.15) is 0 Å². The highest BCUT2D eigenvalue weighted by molar-refractivity contribution is 5.42. The number of nitrogens with zero attached hydrogens (tertiary/aromatic N) is 1. The molecular formula is C18H29NO2. The zero-order valence-corrected chi connectivity index (χ0v) is 13.9. The zero-order chi connectivity index (χ0) is 15.4. The Morgan fingerprint density at radius 1 is 1.19 bits per heavy atom. The molecule has 21 heavy (non-hydrogen) atoms. The maximum absolute atomic E-state index is 10.7. The van der Waals surface area contributed by atoms with Crippen LogP contribution in [-0.4, -0.2) is 36.8 Å². The summed E-state index contributed by atoms with van der Waals surface area (Å²) in [4.78, 5) is 2.34. The van der Waals surface area contributed by atoms with Crippen molar-refractivity contribution in [1.29, 1.82) is 0 Å².